The molecule has 0 aromatic carbocycles. The van der Waals surface area contributed by atoms with Gasteiger partial charge in [-0.25, -0.2) is 0 Å². The van der Waals surface area contributed by atoms with Crippen molar-refractivity contribution in [2.24, 2.45) is 0 Å². The van der Waals surface area contributed by atoms with Crippen LogP contribution < -0.4 is 17.0 Å². The van der Waals surface area contributed by atoms with E-state index in [2.05, 4.69) is 18.2 Å². The van der Waals surface area contributed by atoms with Gasteiger partial charge in [-0.15, -0.1) is 0 Å². The molecule has 0 aliphatic heterocycles. The van der Waals surface area contributed by atoms with Crippen LogP contribution >= 0.6 is 12.2 Å². The third kappa shape index (κ3) is 2.83. The smallest absolute Gasteiger partial charge is 1.00 e. The van der Waals surface area contributed by atoms with Crippen molar-refractivity contribution >= 4 is 17.1 Å². The van der Waals surface area contributed by atoms with Crippen LogP contribution in [0.3, 0.4) is 0 Å². The molecule has 44 valence electrons. The van der Waals surface area contributed by atoms with Crippen LogP contribution in [0.5, 0.6) is 0 Å². The van der Waals surface area contributed by atoms with Gasteiger partial charge in [0.05, 0.1) is 0 Å². The fourth-order valence-corrected chi connectivity index (χ4v) is 1.34. The second kappa shape index (κ2) is 4.48. The van der Waals surface area contributed by atoms with Crippen molar-refractivity contribution in [3.05, 3.63) is 22.4 Å². The molecule has 0 saturated carbocycles. The molecule has 0 aromatic rings. The molecule has 0 nitrogen and oxygen atoms in total. The molecule has 1 aliphatic carbocycles. The zero-order chi connectivity index (χ0) is 5.98. The molecule has 0 spiro atoms. The Hall–Kier alpha value is 0.673. The zero-order valence-electron chi connectivity index (χ0n) is 4.93. The number of hydrogen-bond acceptors (Lipinski definition) is 1. The van der Waals surface area contributed by atoms with Gasteiger partial charge in [-0.2, -0.15) is 0 Å². The standard InChI is InChI=1S/C6H5S.BrH.Zn/c7-6-4-2-1-3-5-6;;/h1-3H,4H2;1H;/q;;+1/p-1. The summed E-state index contributed by atoms with van der Waals surface area (Å²) in [4.78, 5) is 1.13. The Balaban J connectivity index is 0.000000640. The minimum absolute atomic E-state index is 0. The molecule has 1 rings (SSSR count). The predicted octanol–water partition coefficient (Wildman–Crippen LogP) is -1.25. The Morgan fingerprint density at radius 3 is 2.56 bits per heavy atom. The summed E-state index contributed by atoms with van der Waals surface area (Å²) in [7, 11) is 0. The first kappa shape index (κ1) is 9.67. The van der Waals surface area contributed by atoms with E-state index in [0.29, 0.717) is 0 Å². The van der Waals surface area contributed by atoms with E-state index in [1.165, 1.54) is 22.5 Å². The molecule has 9 heavy (non-hydrogen) atoms. The summed E-state index contributed by atoms with van der Waals surface area (Å²) in [6.45, 7) is 0. The number of halogens is 1. The predicted molar refractivity (Wildman–Crippen MR) is 34.4 cm³/mol. The van der Waals surface area contributed by atoms with Crippen LogP contribution in [0.2, 0.25) is 0 Å². The molecule has 0 heterocycles. The van der Waals surface area contributed by atoms with E-state index in [4.69, 9.17) is 12.2 Å². The van der Waals surface area contributed by atoms with Crippen LogP contribution in [-0.2, 0) is 18.3 Å². The molecule has 0 radical (unpaired) electrons. The van der Waals surface area contributed by atoms with Gasteiger partial charge in [0, 0.05) is 0 Å². The first-order valence-corrected chi connectivity index (χ1v) is 4.42. The minimum atomic E-state index is 0. The van der Waals surface area contributed by atoms with E-state index < -0.39 is 0 Å². The summed E-state index contributed by atoms with van der Waals surface area (Å²) in [5, 5.41) is 0. The Kier molecular flexibility index (Phi) is 4.82. The molecule has 0 fully saturated rings. The average Bonchev–Trinajstić information content (AvgIpc) is 1.77. The maximum Gasteiger partial charge on any atom is -1.00 e. The number of hydrogen-bond donors (Lipinski definition) is 0. The van der Waals surface area contributed by atoms with E-state index in [9.17, 15) is 0 Å². The van der Waals surface area contributed by atoms with Gasteiger partial charge in [0.15, 0.2) is 0 Å². The van der Waals surface area contributed by atoms with Gasteiger partial charge < -0.3 is 17.0 Å². The maximum absolute atomic E-state index is 5.04. The van der Waals surface area contributed by atoms with E-state index in [0.717, 1.165) is 11.3 Å². The van der Waals surface area contributed by atoms with Gasteiger partial charge in [0.1, 0.15) is 0 Å². The number of allylic oxidation sites excluding steroid dienone is 4. The molecule has 1 aliphatic rings. The second-order valence-corrected chi connectivity index (χ2v) is 3.84. The van der Waals surface area contributed by atoms with Crippen LogP contribution in [0.25, 0.3) is 0 Å². The Bertz CT molecular complexity index is 172. The molecule has 0 aromatic heterocycles. The van der Waals surface area contributed by atoms with Crippen LogP contribution in [-0.4, -0.2) is 4.86 Å². The van der Waals surface area contributed by atoms with E-state index in [-0.39, 0.29) is 17.0 Å². The summed E-state index contributed by atoms with van der Waals surface area (Å²) >= 11 is 6.24. The maximum atomic E-state index is 5.04. The number of rotatable bonds is 0. The molecule has 0 saturated heterocycles. The third-order valence-corrected chi connectivity index (χ3v) is 3.45. The van der Waals surface area contributed by atoms with Gasteiger partial charge in [-0.3, -0.25) is 0 Å². The summed E-state index contributed by atoms with van der Waals surface area (Å²) in [5.74, 6) is 0. The van der Waals surface area contributed by atoms with Crippen LogP contribution in [0.1, 0.15) is 6.42 Å². The minimum Gasteiger partial charge on any atom is -1.00 e. The monoisotopic (exact) mass is 252 g/mol. The van der Waals surface area contributed by atoms with Crippen molar-refractivity contribution in [1.29, 1.82) is 0 Å². The first-order valence-electron chi connectivity index (χ1n) is 2.52. The molecule has 0 bridgehead atoms. The molecule has 3 heteroatoms. The molecular formula is C6H5BrSZn. The summed E-state index contributed by atoms with van der Waals surface area (Å²) in [6.07, 6.45) is 7.27. The second-order valence-electron chi connectivity index (χ2n) is 1.75. The largest absolute Gasteiger partial charge is 1.00 e. The van der Waals surface area contributed by atoms with E-state index >= 15 is 0 Å². The van der Waals surface area contributed by atoms with Gasteiger partial charge in [0.25, 0.3) is 0 Å². The van der Waals surface area contributed by atoms with Crippen LogP contribution in [0.15, 0.2) is 22.4 Å². The third-order valence-electron chi connectivity index (χ3n) is 1.09. The van der Waals surface area contributed by atoms with Gasteiger partial charge in [-0.05, 0) is 0 Å². The summed E-state index contributed by atoms with van der Waals surface area (Å²) in [5.41, 5.74) is 0. The normalized spacial score (nSPS) is 16.7. The quantitative estimate of drug-likeness (QED) is 0.385. The van der Waals surface area contributed by atoms with Crippen molar-refractivity contribution in [3.8, 4) is 0 Å². The Morgan fingerprint density at radius 1 is 1.56 bits per heavy atom. The summed E-state index contributed by atoms with van der Waals surface area (Å²) < 4.78 is 1.36. The number of thiocarbonyl (C=S) groups is 1. The fraction of sp³-hybridized carbons (Fsp3) is 0.167. The van der Waals surface area contributed by atoms with Gasteiger partial charge >= 0.3 is 64.2 Å². The average molecular weight is 254 g/mol. The SMILES string of the molecule is S=C1CC=CC=[C]1[Zn+].[Br-]. The molecule has 0 amide bonds. The van der Waals surface area contributed by atoms with Crippen molar-refractivity contribution in [2.75, 3.05) is 0 Å². The van der Waals surface area contributed by atoms with E-state index in [1.807, 2.05) is 0 Å². The van der Waals surface area contributed by atoms with Crippen molar-refractivity contribution in [1.82, 2.24) is 0 Å². The topological polar surface area (TPSA) is 0 Å². The van der Waals surface area contributed by atoms with Crippen molar-refractivity contribution < 1.29 is 35.3 Å². The zero-order valence-corrected chi connectivity index (χ0v) is 10.3. The van der Waals surface area contributed by atoms with Crippen LogP contribution in [0.4, 0.5) is 0 Å². The molecule has 0 atom stereocenters. The molecule has 0 N–H and O–H groups in total. The van der Waals surface area contributed by atoms with Gasteiger partial charge in [-0.1, -0.05) is 0 Å². The first-order chi connectivity index (χ1) is 3.80. The van der Waals surface area contributed by atoms with E-state index in [1.54, 1.807) is 0 Å². The van der Waals surface area contributed by atoms with Crippen molar-refractivity contribution in [3.63, 3.8) is 0 Å². The van der Waals surface area contributed by atoms with Gasteiger partial charge in [0.2, 0.25) is 0 Å². The van der Waals surface area contributed by atoms with Crippen molar-refractivity contribution in [2.45, 2.75) is 6.42 Å². The Morgan fingerprint density at radius 2 is 2.22 bits per heavy atom. The molecular weight excluding hydrogens is 249 g/mol. The summed E-state index contributed by atoms with van der Waals surface area (Å²) in [6, 6.07) is 0. The van der Waals surface area contributed by atoms with Crippen LogP contribution in [0, 0.1) is 0 Å². The molecule has 0 unspecified atom stereocenters. The fourth-order valence-electron chi connectivity index (χ4n) is 0.583. The Labute approximate surface area is 80.8 Å².